The third kappa shape index (κ3) is 6.33. The van der Waals surface area contributed by atoms with Crippen molar-refractivity contribution in [1.82, 2.24) is 19.9 Å². The van der Waals surface area contributed by atoms with Gasteiger partial charge in [0.25, 0.3) is 0 Å². The summed E-state index contributed by atoms with van der Waals surface area (Å²) < 4.78 is 7.76. The number of thiophene rings is 1. The van der Waals surface area contributed by atoms with Crippen molar-refractivity contribution in [3.8, 4) is 10.6 Å². The number of amides is 1. The van der Waals surface area contributed by atoms with Gasteiger partial charge in [-0.05, 0) is 37.1 Å². The molecule has 1 aliphatic rings. The minimum Gasteiger partial charge on any atom is -0.477 e. The molecule has 190 valence electrons. The molecule has 1 fully saturated rings. The highest BCUT2D eigenvalue weighted by Crippen LogP contribution is 2.31. The Labute approximate surface area is 217 Å². The molecule has 3 aromatic heterocycles. The number of halogens is 1. The highest BCUT2D eigenvalue weighted by atomic mass is 35.5. The third-order valence-electron chi connectivity index (χ3n) is 6.00. The first kappa shape index (κ1) is 25.9. The first-order chi connectivity index (χ1) is 17.3. The second kappa shape index (κ2) is 11.7. The highest BCUT2D eigenvalue weighted by Gasteiger charge is 2.18. The van der Waals surface area contributed by atoms with Crippen molar-refractivity contribution in [2.45, 2.75) is 25.4 Å². The van der Waals surface area contributed by atoms with E-state index in [0.29, 0.717) is 34.9 Å². The average molecular weight is 530 g/mol. The zero-order chi connectivity index (χ0) is 25.7. The summed E-state index contributed by atoms with van der Waals surface area (Å²) in [5.41, 5.74) is 7.45. The molecule has 4 N–H and O–H groups in total. The molecule has 1 amide bonds. The number of para-hydroxylation sites is 1. The summed E-state index contributed by atoms with van der Waals surface area (Å²) in [7, 11) is 1.66. The summed E-state index contributed by atoms with van der Waals surface area (Å²) >= 11 is 7.34. The molecular weight excluding hydrogens is 502 g/mol. The smallest absolute Gasteiger partial charge is 0.352 e. The number of rotatable bonds is 6. The van der Waals surface area contributed by atoms with Crippen LogP contribution in [-0.4, -0.2) is 64.3 Å². The van der Waals surface area contributed by atoms with Crippen LogP contribution in [0.3, 0.4) is 0 Å². The van der Waals surface area contributed by atoms with E-state index in [1.54, 1.807) is 23.7 Å². The minimum atomic E-state index is -0.972. The van der Waals surface area contributed by atoms with Gasteiger partial charge in [0.1, 0.15) is 11.4 Å². The van der Waals surface area contributed by atoms with E-state index in [4.69, 9.17) is 21.9 Å². The van der Waals surface area contributed by atoms with Gasteiger partial charge >= 0.3 is 5.97 Å². The molecule has 4 heterocycles. The maximum atomic E-state index is 11.5. The highest BCUT2D eigenvalue weighted by molar-refractivity contribution is 7.19. The number of aromatic carboxylic acids is 1. The zero-order valence-electron chi connectivity index (χ0n) is 19.8. The summed E-state index contributed by atoms with van der Waals surface area (Å²) in [6, 6.07) is 15.0. The first-order valence-corrected chi connectivity index (χ1v) is 12.7. The number of likely N-dealkylation sites (tertiary alicyclic amines) is 1. The van der Waals surface area contributed by atoms with Crippen LogP contribution < -0.4 is 11.1 Å². The molecule has 0 aliphatic carbocycles. The lowest BCUT2D eigenvalue weighted by Crippen LogP contribution is -2.43. The third-order valence-corrected chi connectivity index (χ3v) is 7.25. The Bertz CT molecular complexity index is 1340. The summed E-state index contributed by atoms with van der Waals surface area (Å²) in [6.45, 7) is 2.74. The van der Waals surface area contributed by atoms with E-state index in [0.717, 1.165) is 41.7 Å². The van der Waals surface area contributed by atoms with E-state index >= 15 is 0 Å². The maximum absolute atomic E-state index is 11.5. The molecule has 0 radical (unpaired) electrons. The molecule has 1 aromatic carbocycles. The van der Waals surface area contributed by atoms with Crippen LogP contribution in [0.1, 0.15) is 29.0 Å². The molecule has 0 spiro atoms. The van der Waals surface area contributed by atoms with Crippen molar-refractivity contribution in [1.29, 1.82) is 0 Å². The number of nitrogens with zero attached hydrogens (tertiary/aromatic N) is 3. The average Bonchev–Trinajstić information content (AvgIpc) is 3.60. The van der Waals surface area contributed by atoms with Gasteiger partial charge < -0.3 is 25.2 Å². The lowest BCUT2D eigenvalue weighted by molar-refractivity contribution is -0.122. The van der Waals surface area contributed by atoms with Crippen molar-refractivity contribution in [2.75, 3.05) is 26.7 Å². The Morgan fingerprint density at radius 2 is 1.97 bits per heavy atom. The largest absolute Gasteiger partial charge is 0.477 e. The van der Waals surface area contributed by atoms with Gasteiger partial charge in [-0.1, -0.05) is 35.0 Å². The molecule has 1 aliphatic heterocycles. The number of carboxylic acids is 1. The van der Waals surface area contributed by atoms with Crippen molar-refractivity contribution in [2.24, 2.45) is 5.73 Å². The van der Waals surface area contributed by atoms with Gasteiger partial charge in [0, 0.05) is 43.1 Å². The van der Waals surface area contributed by atoms with Gasteiger partial charge in [-0.3, -0.25) is 9.69 Å². The van der Waals surface area contributed by atoms with E-state index in [2.05, 4.69) is 15.4 Å². The van der Waals surface area contributed by atoms with Crippen LogP contribution in [0.4, 0.5) is 0 Å². The number of carbonyl (C=O) groups excluding carboxylic acids is 1. The number of piperidine rings is 1. The summed E-state index contributed by atoms with van der Waals surface area (Å²) in [4.78, 5) is 25.5. The van der Waals surface area contributed by atoms with Crippen LogP contribution in [0, 0.1) is 0 Å². The number of carboxylic acid groups (broad SMARTS) is 1. The number of nitrogens with one attached hydrogen (secondary N) is 1. The van der Waals surface area contributed by atoms with Gasteiger partial charge in [-0.15, -0.1) is 11.3 Å². The molecule has 0 unspecified atom stereocenters. The van der Waals surface area contributed by atoms with E-state index in [1.165, 1.54) is 11.3 Å². The van der Waals surface area contributed by atoms with Crippen molar-refractivity contribution < 1.29 is 19.2 Å². The quantitative estimate of drug-likeness (QED) is 0.345. The standard InChI is InChI=1S/C17H11ClN2O3S.C8H17N3O/c18-16-6-5-15(24-16)14-8-11(19-23-14)9-20-12-4-2-1-3-10(12)7-13(20)17(21)22;1-10-8(12)6-11-4-2-7(9)3-5-11/h1-8H,9H2,(H,21,22);7H,2-6,9H2,1H3,(H,10,12). The summed E-state index contributed by atoms with van der Waals surface area (Å²) in [6.07, 6.45) is 2.02. The fourth-order valence-electron chi connectivity index (χ4n) is 4.06. The van der Waals surface area contributed by atoms with Crippen LogP contribution in [0.25, 0.3) is 21.5 Å². The normalized spacial score (nSPS) is 14.4. The number of carbonyl (C=O) groups is 2. The Hall–Kier alpha value is -3.18. The van der Waals surface area contributed by atoms with Gasteiger partial charge in [0.05, 0.1) is 22.3 Å². The number of nitrogens with two attached hydrogens (primary N) is 1. The molecular formula is C25H28ClN5O4S. The summed E-state index contributed by atoms with van der Waals surface area (Å²) in [5, 5.41) is 17.0. The van der Waals surface area contributed by atoms with Crippen LogP contribution in [0.2, 0.25) is 4.34 Å². The molecule has 1 saturated heterocycles. The topological polar surface area (TPSA) is 127 Å². The zero-order valence-corrected chi connectivity index (χ0v) is 21.4. The molecule has 9 nitrogen and oxygen atoms in total. The number of hydrogen-bond donors (Lipinski definition) is 3. The van der Waals surface area contributed by atoms with E-state index in [-0.39, 0.29) is 11.6 Å². The SMILES string of the molecule is CNC(=O)CN1CCC(N)CC1.O=C(O)c1cc2ccccc2n1Cc1cc(-c2ccc(Cl)s2)on1. The lowest BCUT2D eigenvalue weighted by atomic mass is 10.1. The van der Waals surface area contributed by atoms with Crippen LogP contribution >= 0.6 is 22.9 Å². The molecule has 0 atom stereocenters. The first-order valence-electron chi connectivity index (χ1n) is 11.6. The van der Waals surface area contributed by atoms with Crippen LogP contribution in [0.5, 0.6) is 0 Å². The van der Waals surface area contributed by atoms with E-state index in [1.807, 2.05) is 36.4 Å². The van der Waals surface area contributed by atoms with Crippen LogP contribution in [-0.2, 0) is 11.3 Å². The predicted molar refractivity (Wildman–Crippen MR) is 141 cm³/mol. The van der Waals surface area contributed by atoms with Crippen molar-refractivity contribution >= 4 is 45.7 Å². The Kier molecular flexibility index (Phi) is 8.42. The maximum Gasteiger partial charge on any atom is 0.352 e. The molecule has 4 aromatic rings. The van der Waals surface area contributed by atoms with Gasteiger partial charge in [0.2, 0.25) is 5.91 Å². The second-order valence-electron chi connectivity index (χ2n) is 8.55. The Balaban J connectivity index is 0.000000214. The molecule has 0 bridgehead atoms. The number of likely N-dealkylation sites (N-methyl/N-ethyl adjacent to an activating group) is 1. The molecule has 11 heteroatoms. The minimum absolute atomic E-state index is 0.0884. The Morgan fingerprint density at radius 3 is 2.64 bits per heavy atom. The van der Waals surface area contributed by atoms with E-state index < -0.39 is 5.97 Å². The Morgan fingerprint density at radius 1 is 1.22 bits per heavy atom. The monoisotopic (exact) mass is 529 g/mol. The summed E-state index contributed by atoms with van der Waals surface area (Å²) in [5.74, 6) is -0.263. The number of fused-ring (bicyclic) bond motifs is 1. The molecule has 5 rings (SSSR count). The van der Waals surface area contributed by atoms with Gasteiger partial charge in [-0.2, -0.15) is 0 Å². The number of aromatic nitrogens is 2. The molecule has 36 heavy (non-hydrogen) atoms. The van der Waals surface area contributed by atoms with Crippen molar-refractivity contribution in [3.63, 3.8) is 0 Å². The fraction of sp³-hybridized carbons (Fsp3) is 0.320. The predicted octanol–water partition coefficient (Wildman–Crippen LogP) is 3.91. The van der Waals surface area contributed by atoms with Gasteiger partial charge in [0.15, 0.2) is 5.76 Å². The number of hydrogen-bond acceptors (Lipinski definition) is 7. The van der Waals surface area contributed by atoms with Gasteiger partial charge in [-0.25, -0.2) is 4.79 Å². The van der Waals surface area contributed by atoms with Crippen LogP contribution in [0.15, 0.2) is 53.1 Å². The molecule has 0 saturated carbocycles. The van der Waals surface area contributed by atoms with Crippen molar-refractivity contribution in [3.05, 3.63) is 64.3 Å². The van der Waals surface area contributed by atoms with E-state index in [9.17, 15) is 14.7 Å². The second-order valence-corrected chi connectivity index (χ2v) is 10.3. The lowest BCUT2D eigenvalue weighted by Gasteiger charge is -2.29. The number of benzene rings is 1. The fourth-order valence-corrected chi connectivity index (χ4v) is 5.05.